The van der Waals surface area contributed by atoms with Gasteiger partial charge >= 0.3 is 5.97 Å². The van der Waals surface area contributed by atoms with Crippen LogP contribution in [-0.4, -0.2) is 18.0 Å². The SMILES string of the molecule is Cc1ccc(NC(=O)[C@H](C)OC(=O)c2ccc(Cl)c(Cl)c2)cc1Cl. The number of benzene rings is 2. The summed E-state index contributed by atoms with van der Waals surface area (Å²) in [6, 6.07) is 9.47. The van der Waals surface area contributed by atoms with Gasteiger partial charge in [0.25, 0.3) is 5.91 Å². The van der Waals surface area contributed by atoms with Gasteiger partial charge in [-0.1, -0.05) is 40.9 Å². The lowest BCUT2D eigenvalue weighted by atomic mass is 10.2. The summed E-state index contributed by atoms with van der Waals surface area (Å²) in [6.45, 7) is 3.33. The van der Waals surface area contributed by atoms with Gasteiger partial charge < -0.3 is 10.1 Å². The maximum absolute atomic E-state index is 12.1. The number of esters is 1. The molecule has 1 atom stereocenters. The highest BCUT2D eigenvalue weighted by atomic mass is 35.5. The molecule has 1 N–H and O–H groups in total. The Morgan fingerprint density at radius 2 is 1.71 bits per heavy atom. The van der Waals surface area contributed by atoms with Crippen LogP contribution < -0.4 is 5.32 Å². The van der Waals surface area contributed by atoms with Crippen molar-refractivity contribution >= 4 is 52.4 Å². The zero-order valence-corrected chi connectivity index (χ0v) is 15.2. The molecule has 1 amide bonds. The van der Waals surface area contributed by atoms with E-state index >= 15 is 0 Å². The second-order valence-corrected chi connectivity index (χ2v) is 6.35. The molecule has 0 saturated carbocycles. The number of aryl methyl sites for hydroxylation is 1. The molecule has 2 aromatic carbocycles. The predicted molar refractivity (Wildman–Crippen MR) is 96.2 cm³/mol. The van der Waals surface area contributed by atoms with Crippen molar-refractivity contribution in [2.45, 2.75) is 20.0 Å². The van der Waals surface area contributed by atoms with Gasteiger partial charge in [0.15, 0.2) is 6.10 Å². The predicted octanol–water partition coefficient (Wildman–Crippen LogP) is 5.14. The zero-order chi connectivity index (χ0) is 17.9. The van der Waals surface area contributed by atoms with E-state index in [2.05, 4.69) is 5.32 Å². The second kappa shape index (κ2) is 7.88. The van der Waals surface area contributed by atoms with Crippen LogP contribution in [0.25, 0.3) is 0 Å². The van der Waals surface area contributed by atoms with E-state index in [1.54, 1.807) is 18.2 Å². The number of halogens is 3. The molecule has 0 aliphatic rings. The number of hydrogen-bond acceptors (Lipinski definition) is 3. The minimum Gasteiger partial charge on any atom is -0.449 e. The van der Waals surface area contributed by atoms with E-state index in [-0.39, 0.29) is 10.6 Å². The molecule has 0 aliphatic carbocycles. The fourth-order valence-electron chi connectivity index (χ4n) is 1.82. The molecule has 126 valence electrons. The minimum absolute atomic E-state index is 0.211. The summed E-state index contributed by atoms with van der Waals surface area (Å²) in [5.41, 5.74) is 1.63. The van der Waals surface area contributed by atoms with Crippen molar-refractivity contribution in [2.75, 3.05) is 5.32 Å². The Morgan fingerprint density at radius 1 is 1.00 bits per heavy atom. The van der Waals surface area contributed by atoms with Gasteiger partial charge in [-0.2, -0.15) is 0 Å². The molecule has 0 aliphatic heterocycles. The molecule has 4 nitrogen and oxygen atoms in total. The third-order valence-corrected chi connectivity index (χ3v) is 4.39. The number of nitrogens with one attached hydrogen (secondary N) is 1. The van der Waals surface area contributed by atoms with Crippen LogP contribution in [0.1, 0.15) is 22.8 Å². The Kier molecular flexibility index (Phi) is 6.10. The standard InChI is InChI=1S/C17H14Cl3NO3/c1-9-3-5-12(8-14(9)19)21-16(22)10(2)24-17(23)11-4-6-13(18)15(20)7-11/h3-8,10H,1-2H3,(H,21,22)/t10-/m0/s1. The van der Waals surface area contributed by atoms with Gasteiger partial charge in [0, 0.05) is 10.7 Å². The number of carbonyl (C=O) groups excluding carboxylic acids is 2. The van der Waals surface area contributed by atoms with Crippen LogP contribution in [0, 0.1) is 6.92 Å². The largest absolute Gasteiger partial charge is 0.449 e. The molecular formula is C17H14Cl3NO3. The molecule has 0 radical (unpaired) electrons. The fraction of sp³-hybridized carbons (Fsp3) is 0.176. The first kappa shape index (κ1) is 18.6. The molecule has 0 spiro atoms. The van der Waals surface area contributed by atoms with E-state index in [0.29, 0.717) is 15.7 Å². The van der Waals surface area contributed by atoms with Gasteiger partial charge in [-0.25, -0.2) is 4.79 Å². The molecule has 2 rings (SSSR count). The smallest absolute Gasteiger partial charge is 0.338 e. The molecule has 24 heavy (non-hydrogen) atoms. The Balaban J connectivity index is 2.01. The van der Waals surface area contributed by atoms with Crippen molar-refractivity contribution in [2.24, 2.45) is 0 Å². The maximum Gasteiger partial charge on any atom is 0.338 e. The Hall–Kier alpha value is -1.75. The van der Waals surface area contributed by atoms with E-state index in [0.717, 1.165) is 5.56 Å². The van der Waals surface area contributed by atoms with Crippen LogP contribution in [0.2, 0.25) is 15.1 Å². The average molecular weight is 387 g/mol. The first-order chi connectivity index (χ1) is 11.3. The number of hydrogen-bond donors (Lipinski definition) is 1. The summed E-state index contributed by atoms with van der Waals surface area (Å²) >= 11 is 17.7. The fourth-order valence-corrected chi connectivity index (χ4v) is 2.30. The summed E-state index contributed by atoms with van der Waals surface area (Å²) < 4.78 is 5.13. The molecule has 0 unspecified atom stereocenters. The minimum atomic E-state index is -0.993. The van der Waals surface area contributed by atoms with Crippen LogP contribution in [0.15, 0.2) is 36.4 Å². The highest BCUT2D eigenvalue weighted by Crippen LogP contribution is 2.23. The van der Waals surface area contributed by atoms with Gasteiger partial charge in [-0.15, -0.1) is 0 Å². The van der Waals surface area contributed by atoms with Gasteiger partial charge in [-0.05, 0) is 49.7 Å². The van der Waals surface area contributed by atoms with E-state index in [1.165, 1.54) is 25.1 Å². The number of rotatable bonds is 4. The van der Waals surface area contributed by atoms with E-state index in [9.17, 15) is 9.59 Å². The van der Waals surface area contributed by atoms with Crippen LogP contribution in [0.4, 0.5) is 5.69 Å². The summed E-state index contributed by atoms with van der Waals surface area (Å²) in [5.74, 6) is -1.14. The van der Waals surface area contributed by atoms with Crippen molar-refractivity contribution < 1.29 is 14.3 Å². The quantitative estimate of drug-likeness (QED) is 0.740. The van der Waals surface area contributed by atoms with Crippen molar-refractivity contribution in [1.29, 1.82) is 0 Å². The van der Waals surface area contributed by atoms with Crippen molar-refractivity contribution in [3.63, 3.8) is 0 Å². The van der Waals surface area contributed by atoms with Crippen molar-refractivity contribution in [3.8, 4) is 0 Å². The first-order valence-corrected chi connectivity index (χ1v) is 8.14. The zero-order valence-electron chi connectivity index (χ0n) is 12.9. The van der Waals surface area contributed by atoms with Crippen LogP contribution in [-0.2, 0) is 9.53 Å². The van der Waals surface area contributed by atoms with E-state index < -0.39 is 18.0 Å². The highest BCUT2D eigenvalue weighted by Gasteiger charge is 2.19. The lowest BCUT2D eigenvalue weighted by Crippen LogP contribution is -2.30. The maximum atomic E-state index is 12.1. The van der Waals surface area contributed by atoms with E-state index in [1.807, 2.05) is 6.92 Å². The van der Waals surface area contributed by atoms with Gasteiger partial charge in [0.2, 0.25) is 0 Å². The summed E-state index contributed by atoms with van der Waals surface area (Å²) in [7, 11) is 0. The Bertz CT molecular complexity index is 793. The van der Waals surface area contributed by atoms with Crippen molar-refractivity contribution in [3.05, 3.63) is 62.6 Å². The van der Waals surface area contributed by atoms with Crippen LogP contribution >= 0.6 is 34.8 Å². The second-order valence-electron chi connectivity index (χ2n) is 5.13. The third kappa shape index (κ3) is 4.63. The number of anilines is 1. The topological polar surface area (TPSA) is 55.4 Å². The summed E-state index contributed by atoms with van der Waals surface area (Å²) in [4.78, 5) is 24.2. The normalized spacial score (nSPS) is 11.7. The Labute approximate surface area is 154 Å². The summed E-state index contributed by atoms with van der Waals surface area (Å²) in [6.07, 6.45) is -0.993. The molecule has 0 bridgehead atoms. The lowest BCUT2D eigenvalue weighted by molar-refractivity contribution is -0.123. The van der Waals surface area contributed by atoms with Gasteiger partial charge in [0.1, 0.15) is 0 Å². The number of ether oxygens (including phenoxy) is 1. The number of amides is 1. The first-order valence-electron chi connectivity index (χ1n) is 7.01. The molecule has 0 aromatic heterocycles. The highest BCUT2D eigenvalue weighted by molar-refractivity contribution is 6.42. The molecule has 7 heteroatoms. The van der Waals surface area contributed by atoms with Crippen LogP contribution in [0.5, 0.6) is 0 Å². The molecule has 0 fully saturated rings. The number of carbonyl (C=O) groups is 2. The van der Waals surface area contributed by atoms with Crippen molar-refractivity contribution in [1.82, 2.24) is 0 Å². The third-order valence-electron chi connectivity index (χ3n) is 3.25. The van der Waals surface area contributed by atoms with Gasteiger partial charge in [0.05, 0.1) is 15.6 Å². The monoisotopic (exact) mass is 385 g/mol. The van der Waals surface area contributed by atoms with E-state index in [4.69, 9.17) is 39.5 Å². The summed E-state index contributed by atoms with van der Waals surface area (Å²) in [5, 5.41) is 3.74. The molecule has 2 aromatic rings. The molecule has 0 heterocycles. The van der Waals surface area contributed by atoms with Gasteiger partial charge in [-0.3, -0.25) is 4.79 Å². The Morgan fingerprint density at radius 3 is 2.33 bits per heavy atom. The molecular weight excluding hydrogens is 373 g/mol. The molecule has 0 saturated heterocycles. The lowest BCUT2D eigenvalue weighted by Gasteiger charge is -2.14. The average Bonchev–Trinajstić information content (AvgIpc) is 2.53. The van der Waals surface area contributed by atoms with Crippen LogP contribution in [0.3, 0.4) is 0 Å².